The van der Waals surface area contributed by atoms with E-state index in [9.17, 15) is 28.2 Å². The predicted molar refractivity (Wildman–Crippen MR) is 103 cm³/mol. The maximum atomic E-state index is 14.6. The van der Waals surface area contributed by atoms with Crippen molar-refractivity contribution in [2.75, 3.05) is 26.0 Å². The zero-order valence-corrected chi connectivity index (χ0v) is 15.9. The van der Waals surface area contributed by atoms with Crippen molar-refractivity contribution in [3.63, 3.8) is 0 Å². The molecule has 2 rings (SSSR count). The summed E-state index contributed by atoms with van der Waals surface area (Å²) in [5.74, 6) is -8.68. The van der Waals surface area contributed by atoms with Gasteiger partial charge < -0.3 is 20.3 Å². The van der Waals surface area contributed by atoms with Crippen molar-refractivity contribution in [2.24, 2.45) is 4.99 Å². The van der Waals surface area contributed by atoms with Gasteiger partial charge in [-0.3, -0.25) is 4.99 Å². The Labute approximate surface area is 165 Å². The number of aliphatic hydroxyl groups excluding tert-OH is 1. The number of aliphatic hydroxyl groups is 1. The first kappa shape index (κ1) is 21.8. The molecule has 0 aromatic heterocycles. The number of esters is 1. The highest BCUT2D eigenvalue weighted by Gasteiger charge is 2.32. The molecule has 0 saturated heterocycles. The molecule has 9 heteroatoms. The van der Waals surface area contributed by atoms with E-state index in [0.29, 0.717) is 5.56 Å². The first-order valence-electron chi connectivity index (χ1n) is 8.50. The van der Waals surface area contributed by atoms with Crippen molar-refractivity contribution in [1.29, 1.82) is 0 Å². The lowest BCUT2D eigenvalue weighted by Gasteiger charge is -2.16. The molecule has 6 nitrogen and oxygen atoms in total. The molecule has 0 aliphatic heterocycles. The third-order valence-corrected chi connectivity index (χ3v) is 4.01. The Morgan fingerprint density at radius 1 is 1.14 bits per heavy atom. The van der Waals surface area contributed by atoms with Gasteiger partial charge in [-0.25, -0.2) is 18.0 Å². The lowest BCUT2D eigenvalue weighted by atomic mass is 9.97. The van der Waals surface area contributed by atoms with Gasteiger partial charge >= 0.3 is 5.97 Å². The SMILES string of the molecule is CCOC(=O)/C(C(=NC)c1ccccc1)=C(/O)c1c(O)c(F)c(NC)c(F)c1F. The van der Waals surface area contributed by atoms with E-state index in [1.54, 1.807) is 30.3 Å². The molecule has 0 bridgehead atoms. The van der Waals surface area contributed by atoms with Crippen molar-refractivity contribution in [2.45, 2.75) is 6.92 Å². The van der Waals surface area contributed by atoms with Gasteiger partial charge in [0.1, 0.15) is 22.6 Å². The monoisotopic (exact) mass is 408 g/mol. The molecule has 3 N–H and O–H groups in total. The van der Waals surface area contributed by atoms with Gasteiger partial charge in [0.05, 0.1) is 12.3 Å². The molecule has 0 saturated carbocycles. The molecule has 0 aliphatic carbocycles. The summed E-state index contributed by atoms with van der Waals surface area (Å²) in [5, 5.41) is 22.8. The summed E-state index contributed by atoms with van der Waals surface area (Å²) in [6.07, 6.45) is 0. The number of nitrogens with zero attached hydrogens (tertiary/aromatic N) is 1. The standard InChI is InChI=1S/C20H19F3N2O4/c1-4-29-20(28)12(16(24-2)10-8-6-5-7-9-10)18(26)11-13(21)14(22)17(25-3)15(23)19(11)27/h5-9,25-27H,4H2,1-3H3/b18-12+,24-16?. The number of aromatic hydroxyl groups is 1. The fourth-order valence-electron chi connectivity index (χ4n) is 2.70. The average molecular weight is 408 g/mol. The highest BCUT2D eigenvalue weighted by Crippen LogP contribution is 2.38. The summed E-state index contributed by atoms with van der Waals surface area (Å²) < 4.78 is 48.0. The predicted octanol–water partition coefficient (Wildman–Crippen LogP) is 3.80. The lowest BCUT2D eigenvalue weighted by molar-refractivity contribution is -0.137. The first-order valence-corrected chi connectivity index (χ1v) is 8.50. The minimum Gasteiger partial charge on any atom is -0.506 e. The van der Waals surface area contributed by atoms with Gasteiger partial charge in [0, 0.05) is 19.7 Å². The Morgan fingerprint density at radius 3 is 2.28 bits per heavy atom. The number of rotatable bonds is 6. The van der Waals surface area contributed by atoms with Crippen LogP contribution in [0.3, 0.4) is 0 Å². The van der Waals surface area contributed by atoms with Gasteiger partial charge in [-0.05, 0) is 6.92 Å². The van der Waals surface area contributed by atoms with Crippen LogP contribution in [0.15, 0.2) is 40.9 Å². The molecular weight excluding hydrogens is 389 g/mol. The Morgan fingerprint density at radius 2 is 1.76 bits per heavy atom. The Bertz CT molecular complexity index is 960. The average Bonchev–Trinajstić information content (AvgIpc) is 2.71. The highest BCUT2D eigenvalue weighted by molar-refractivity contribution is 6.30. The molecule has 0 heterocycles. The summed E-state index contributed by atoms with van der Waals surface area (Å²) in [6, 6.07) is 8.04. The van der Waals surface area contributed by atoms with Crippen LogP contribution in [0, 0.1) is 17.5 Å². The molecule has 0 spiro atoms. The second-order valence-electron chi connectivity index (χ2n) is 5.67. The Hall–Kier alpha value is -3.49. The van der Waals surface area contributed by atoms with Gasteiger partial charge in [0.2, 0.25) is 0 Å². The van der Waals surface area contributed by atoms with E-state index in [4.69, 9.17) is 4.74 Å². The van der Waals surface area contributed by atoms with E-state index in [2.05, 4.69) is 10.3 Å². The zero-order chi connectivity index (χ0) is 21.7. The number of hydrogen-bond acceptors (Lipinski definition) is 6. The van der Waals surface area contributed by atoms with E-state index in [-0.39, 0.29) is 12.3 Å². The van der Waals surface area contributed by atoms with Gasteiger partial charge in [0.15, 0.2) is 23.2 Å². The van der Waals surface area contributed by atoms with Crippen molar-refractivity contribution in [3.8, 4) is 5.75 Å². The molecule has 2 aromatic carbocycles. The summed E-state index contributed by atoms with van der Waals surface area (Å²) in [7, 11) is 2.42. The lowest BCUT2D eigenvalue weighted by Crippen LogP contribution is -2.20. The van der Waals surface area contributed by atoms with E-state index < -0.39 is 51.8 Å². The number of ether oxygens (including phenoxy) is 1. The van der Waals surface area contributed by atoms with Crippen LogP contribution in [0.2, 0.25) is 0 Å². The molecule has 0 amide bonds. The minimum absolute atomic E-state index is 0.0999. The molecule has 0 aliphatic rings. The number of aliphatic imine (C=N–C) groups is 1. The van der Waals surface area contributed by atoms with Crippen LogP contribution in [0.1, 0.15) is 18.1 Å². The number of nitrogens with one attached hydrogen (secondary N) is 1. The minimum atomic E-state index is -1.75. The number of benzene rings is 2. The molecule has 154 valence electrons. The molecule has 2 aromatic rings. The number of phenolic OH excluding ortho intramolecular Hbond substituents is 1. The number of carbonyl (C=O) groups is 1. The third-order valence-electron chi connectivity index (χ3n) is 4.01. The number of carbonyl (C=O) groups excluding carboxylic acids is 1. The molecular formula is C20H19F3N2O4. The third kappa shape index (κ3) is 4.03. The number of anilines is 1. The van der Waals surface area contributed by atoms with Crippen molar-refractivity contribution >= 4 is 23.1 Å². The van der Waals surface area contributed by atoms with Crippen molar-refractivity contribution in [1.82, 2.24) is 0 Å². The van der Waals surface area contributed by atoms with Gasteiger partial charge in [-0.1, -0.05) is 30.3 Å². The quantitative estimate of drug-likeness (QED) is 0.222. The summed E-state index contributed by atoms with van der Waals surface area (Å²) in [4.78, 5) is 16.5. The normalized spacial score (nSPS) is 12.4. The maximum absolute atomic E-state index is 14.6. The summed E-state index contributed by atoms with van der Waals surface area (Å²) in [5.41, 5.74) is -2.59. The van der Waals surface area contributed by atoms with E-state index in [1.807, 2.05) is 0 Å². The van der Waals surface area contributed by atoms with Gasteiger partial charge in [0.25, 0.3) is 0 Å². The molecule has 0 radical (unpaired) electrons. The van der Waals surface area contributed by atoms with Crippen LogP contribution in [0.5, 0.6) is 5.75 Å². The smallest absolute Gasteiger partial charge is 0.344 e. The Balaban J connectivity index is 2.88. The van der Waals surface area contributed by atoms with Crippen molar-refractivity contribution < 1.29 is 32.9 Å². The van der Waals surface area contributed by atoms with Crippen LogP contribution in [-0.4, -0.2) is 42.6 Å². The van der Waals surface area contributed by atoms with E-state index >= 15 is 0 Å². The largest absolute Gasteiger partial charge is 0.506 e. The Kier molecular flexibility index (Phi) is 6.87. The summed E-state index contributed by atoms with van der Waals surface area (Å²) >= 11 is 0. The zero-order valence-electron chi connectivity index (χ0n) is 15.9. The fourth-order valence-corrected chi connectivity index (χ4v) is 2.70. The highest BCUT2D eigenvalue weighted by atomic mass is 19.2. The van der Waals surface area contributed by atoms with Crippen LogP contribution in [0.25, 0.3) is 5.76 Å². The molecule has 29 heavy (non-hydrogen) atoms. The maximum Gasteiger partial charge on any atom is 0.344 e. The van der Waals surface area contributed by atoms with Gasteiger partial charge in [-0.15, -0.1) is 0 Å². The number of hydrogen-bond donors (Lipinski definition) is 3. The van der Waals surface area contributed by atoms with Gasteiger partial charge in [-0.2, -0.15) is 0 Å². The van der Waals surface area contributed by atoms with Crippen LogP contribution >= 0.6 is 0 Å². The summed E-state index contributed by atoms with van der Waals surface area (Å²) in [6.45, 7) is 1.40. The van der Waals surface area contributed by atoms with Crippen LogP contribution in [0.4, 0.5) is 18.9 Å². The fraction of sp³-hybridized carbons (Fsp3) is 0.200. The van der Waals surface area contributed by atoms with Crippen molar-refractivity contribution in [3.05, 3.63) is 64.5 Å². The number of halogens is 3. The second kappa shape index (κ2) is 9.13. The van der Waals surface area contributed by atoms with Crippen LogP contribution < -0.4 is 5.32 Å². The molecule has 0 fully saturated rings. The second-order valence-corrected chi connectivity index (χ2v) is 5.67. The van der Waals surface area contributed by atoms with E-state index in [1.165, 1.54) is 14.0 Å². The molecule has 0 atom stereocenters. The molecule has 0 unspecified atom stereocenters. The van der Waals surface area contributed by atoms with Crippen LogP contribution in [-0.2, 0) is 9.53 Å². The first-order chi connectivity index (χ1) is 13.8. The number of phenols is 1. The topological polar surface area (TPSA) is 91.2 Å². The van der Waals surface area contributed by atoms with E-state index in [0.717, 1.165) is 7.05 Å².